The molecule has 0 radical (unpaired) electrons. The third kappa shape index (κ3) is 3.40. The summed E-state index contributed by atoms with van der Waals surface area (Å²) in [7, 11) is 4.32. The van der Waals surface area contributed by atoms with Gasteiger partial charge in [0.1, 0.15) is 5.75 Å². The van der Waals surface area contributed by atoms with Crippen LogP contribution in [0.15, 0.2) is 17.5 Å². The summed E-state index contributed by atoms with van der Waals surface area (Å²) in [5.41, 5.74) is 0.860. The molecule has 0 fully saturated rings. The van der Waals surface area contributed by atoms with Crippen LogP contribution in [0.1, 0.15) is 16.1 Å². The van der Waals surface area contributed by atoms with Gasteiger partial charge in [0.15, 0.2) is 22.3 Å². The number of nitrogens with zero attached hydrogens (tertiary/aromatic N) is 1. The van der Waals surface area contributed by atoms with Crippen molar-refractivity contribution in [3.8, 4) is 17.2 Å². The number of phenolic OH excluding ortho intramolecular Hbond substituents is 1. The van der Waals surface area contributed by atoms with Crippen molar-refractivity contribution in [2.45, 2.75) is 6.54 Å². The number of aromatic nitrogens is 1. The van der Waals surface area contributed by atoms with Crippen LogP contribution in [0.5, 0.6) is 17.2 Å². The van der Waals surface area contributed by atoms with Crippen molar-refractivity contribution in [2.75, 3.05) is 26.6 Å². The molecule has 0 unspecified atom stereocenters. The van der Waals surface area contributed by atoms with Crippen LogP contribution in [0.3, 0.4) is 0 Å². The number of benzene rings is 1. The van der Waals surface area contributed by atoms with E-state index in [9.17, 15) is 9.90 Å². The van der Waals surface area contributed by atoms with E-state index >= 15 is 0 Å². The molecule has 0 aliphatic heterocycles. The number of hydrogen-bond acceptors (Lipinski definition) is 8. The fourth-order valence-electron chi connectivity index (χ4n) is 1.78. The molecule has 0 aliphatic rings. The molecule has 1 aromatic carbocycles. The fraction of sp³-hybridized carbons (Fsp3) is 0.286. The van der Waals surface area contributed by atoms with E-state index in [0.29, 0.717) is 28.7 Å². The maximum absolute atomic E-state index is 11.3. The van der Waals surface area contributed by atoms with Gasteiger partial charge in [-0.3, -0.25) is 0 Å². The Labute approximate surface area is 131 Å². The van der Waals surface area contributed by atoms with Gasteiger partial charge < -0.3 is 24.6 Å². The van der Waals surface area contributed by atoms with E-state index < -0.39 is 5.97 Å². The minimum atomic E-state index is -0.488. The van der Waals surface area contributed by atoms with Gasteiger partial charge in [0, 0.05) is 23.6 Å². The maximum atomic E-state index is 11.3. The van der Waals surface area contributed by atoms with Gasteiger partial charge in [0.2, 0.25) is 0 Å². The highest BCUT2D eigenvalue weighted by Gasteiger charge is 2.13. The summed E-state index contributed by atoms with van der Waals surface area (Å²) in [6, 6.07) is 3.16. The average molecular weight is 324 g/mol. The van der Waals surface area contributed by atoms with Crippen molar-refractivity contribution in [3.05, 3.63) is 28.8 Å². The number of ether oxygens (including phenoxy) is 3. The molecule has 1 heterocycles. The number of esters is 1. The first-order valence-corrected chi connectivity index (χ1v) is 7.18. The topological polar surface area (TPSA) is 89.9 Å². The summed E-state index contributed by atoms with van der Waals surface area (Å²) >= 11 is 1.28. The molecule has 0 aliphatic carbocycles. The predicted molar refractivity (Wildman–Crippen MR) is 82.0 cm³/mol. The van der Waals surface area contributed by atoms with Crippen molar-refractivity contribution in [1.29, 1.82) is 0 Å². The van der Waals surface area contributed by atoms with E-state index in [4.69, 9.17) is 9.47 Å². The summed E-state index contributed by atoms with van der Waals surface area (Å²) in [6.45, 7) is 0.320. The normalized spacial score (nSPS) is 10.1. The SMILES string of the molecule is COC(=O)c1csc(NCc2cc(OC)c(OC)cc2O)n1. The number of nitrogens with one attached hydrogen (secondary N) is 1. The molecule has 7 nitrogen and oxygen atoms in total. The second-order valence-corrected chi connectivity index (χ2v) is 5.08. The number of aromatic hydroxyl groups is 1. The molecule has 1 aromatic heterocycles. The fourth-order valence-corrected chi connectivity index (χ4v) is 2.45. The Balaban J connectivity index is 2.11. The van der Waals surface area contributed by atoms with Crippen molar-refractivity contribution in [2.24, 2.45) is 0 Å². The van der Waals surface area contributed by atoms with Crippen LogP contribution in [-0.2, 0) is 11.3 Å². The van der Waals surface area contributed by atoms with Crippen LogP contribution >= 0.6 is 11.3 Å². The second kappa shape index (κ2) is 6.99. The average Bonchev–Trinajstić information content (AvgIpc) is 3.01. The number of carbonyl (C=O) groups is 1. The van der Waals surface area contributed by atoms with Gasteiger partial charge >= 0.3 is 5.97 Å². The van der Waals surface area contributed by atoms with Crippen molar-refractivity contribution >= 4 is 22.4 Å². The quantitative estimate of drug-likeness (QED) is 0.788. The van der Waals surface area contributed by atoms with E-state index in [0.717, 1.165) is 0 Å². The molecule has 0 atom stereocenters. The van der Waals surface area contributed by atoms with Gasteiger partial charge in [0.05, 0.1) is 21.3 Å². The summed E-state index contributed by atoms with van der Waals surface area (Å²) in [5, 5.41) is 15.2. The first-order chi connectivity index (χ1) is 10.6. The molecule has 8 heteroatoms. The van der Waals surface area contributed by atoms with Crippen molar-refractivity contribution in [1.82, 2.24) is 4.98 Å². The van der Waals surface area contributed by atoms with E-state index in [2.05, 4.69) is 15.0 Å². The highest BCUT2D eigenvalue weighted by Crippen LogP contribution is 2.34. The molecule has 0 saturated carbocycles. The minimum absolute atomic E-state index is 0.0786. The Morgan fingerprint density at radius 1 is 1.27 bits per heavy atom. The smallest absolute Gasteiger partial charge is 0.357 e. The van der Waals surface area contributed by atoms with Gasteiger partial charge in [-0.1, -0.05) is 0 Å². The van der Waals surface area contributed by atoms with Gasteiger partial charge in [-0.25, -0.2) is 9.78 Å². The zero-order valence-corrected chi connectivity index (χ0v) is 13.2. The number of thiazole rings is 1. The summed E-state index contributed by atoms with van der Waals surface area (Å²) in [4.78, 5) is 15.4. The molecular formula is C14H16N2O5S. The number of phenols is 1. The van der Waals surface area contributed by atoms with Gasteiger partial charge in [-0.15, -0.1) is 11.3 Å². The van der Waals surface area contributed by atoms with Crippen LogP contribution in [0.25, 0.3) is 0 Å². The van der Waals surface area contributed by atoms with Gasteiger partial charge in [-0.05, 0) is 6.07 Å². The molecular weight excluding hydrogens is 308 g/mol. The Bertz CT molecular complexity index is 671. The van der Waals surface area contributed by atoms with E-state index in [1.807, 2.05) is 0 Å². The van der Waals surface area contributed by atoms with E-state index in [-0.39, 0.29) is 11.4 Å². The summed E-state index contributed by atoms with van der Waals surface area (Å²) in [6.07, 6.45) is 0. The molecule has 0 amide bonds. The summed E-state index contributed by atoms with van der Waals surface area (Å²) < 4.78 is 14.9. The lowest BCUT2D eigenvalue weighted by Crippen LogP contribution is -2.04. The molecule has 2 N–H and O–H groups in total. The Kier molecular flexibility index (Phi) is 5.05. The number of rotatable bonds is 6. The van der Waals surface area contributed by atoms with Crippen molar-refractivity contribution in [3.63, 3.8) is 0 Å². The Morgan fingerprint density at radius 2 is 1.95 bits per heavy atom. The molecule has 0 spiro atoms. The van der Waals surface area contributed by atoms with Gasteiger partial charge in [0.25, 0.3) is 0 Å². The van der Waals surface area contributed by atoms with Crippen LogP contribution in [-0.4, -0.2) is 37.4 Å². The standard InChI is InChI=1S/C14H16N2O5S/c1-19-11-4-8(10(17)5-12(11)20-2)6-15-14-16-9(7-22-14)13(18)21-3/h4-5,7,17H,6H2,1-3H3,(H,15,16). The zero-order valence-electron chi connectivity index (χ0n) is 12.4. The Hall–Kier alpha value is -2.48. The molecule has 118 valence electrons. The second-order valence-electron chi connectivity index (χ2n) is 4.22. The predicted octanol–water partition coefficient (Wildman–Crippen LogP) is 2.26. The van der Waals surface area contributed by atoms with Crippen LogP contribution in [0.4, 0.5) is 5.13 Å². The number of hydrogen-bond donors (Lipinski definition) is 2. The molecule has 22 heavy (non-hydrogen) atoms. The van der Waals surface area contributed by atoms with E-state index in [1.165, 1.54) is 38.7 Å². The molecule has 2 rings (SSSR count). The first kappa shape index (κ1) is 15.9. The monoisotopic (exact) mass is 324 g/mol. The third-order valence-corrected chi connectivity index (χ3v) is 3.71. The van der Waals surface area contributed by atoms with Crippen LogP contribution < -0.4 is 14.8 Å². The lowest BCUT2D eigenvalue weighted by atomic mass is 10.1. The number of anilines is 1. The van der Waals surface area contributed by atoms with E-state index in [1.54, 1.807) is 11.4 Å². The van der Waals surface area contributed by atoms with Crippen LogP contribution in [0.2, 0.25) is 0 Å². The maximum Gasteiger partial charge on any atom is 0.357 e. The Morgan fingerprint density at radius 3 is 2.59 bits per heavy atom. The molecule has 2 aromatic rings. The minimum Gasteiger partial charge on any atom is -0.507 e. The first-order valence-electron chi connectivity index (χ1n) is 6.30. The summed E-state index contributed by atoms with van der Waals surface area (Å²) in [5.74, 6) is 0.561. The highest BCUT2D eigenvalue weighted by molar-refractivity contribution is 7.13. The number of carbonyl (C=O) groups excluding carboxylic acids is 1. The van der Waals surface area contributed by atoms with Gasteiger partial charge in [-0.2, -0.15) is 0 Å². The zero-order chi connectivity index (χ0) is 16.1. The van der Waals surface area contributed by atoms with Crippen LogP contribution in [0, 0.1) is 0 Å². The highest BCUT2D eigenvalue weighted by atomic mass is 32.1. The number of methoxy groups -OCH3 is 3. The lowest BCUT2D eigenvalue weighted by molar-refractivity contribution is 0.0595. The molecule has 0 bridgehead atoms. The largest absolute Gasteiger partial charge is 0.507 e. The third-order valence-electron chi connectivity index (χ3n) is 2.91. The van der Waals surface area contributed by atoms with Crippen molar-refractivity contribution < 1.29 is 24.1 Å². The lowest BCUT2D eigenvalue weighted by Gasteiger charge is -2.12. The molecule has 0 saturated heterocycles.